The number of carboxylic acid groups (broad SMARTS) is 1. The van der Waals surface area contributed by atoms with Gasteiger partial charge in [-0.25, -0.2) is 0 Å². The predicted molar refractivity (Wildman–Crippen MR) is 95.3 cm³/mol. The molecule has 2 aromatic rings. The molecule has 0 saturated carbocycles. The Morgan fingerprint density at radius 3 is 2.65 bits per heavy atom. The predicted octanol–water partition coefficient (Wildman–Crippen LogP) is 4.58. The number of carboxylic acids is 1. The number of carbonyl (C=O) groups is 1. The third-order valence-corrected chi connectivity index (χ3v) is 5.41. The fourth-order valence-corrected chi connectivity index (χ4v) is 3.86. The number of aliphatic carboxylic acids is 1. The first-order valence-corrected chi connectivity index (χ1v) is 8.43. The lowest BCUT2D eigenvalue weighted by Crippen LogP contribution is -2.39. The van der Waals surface area contributed by atoms with Gasteiger partial charge in [-0.2, -0.15) is 0 Å². The minimum absolute atomic E-state index is 0.0863. The van der Waals surface area contributed by atoms with E-state index < -0.39 is 5.97 Å². The van der Waals surface area contributed by atoms with Crippen molar-refractivity contribution in [2.24, 2.45) is 0 Å². The molecule has 1 heterocycles. The largest absolute Gasteiger partial charge is 0.481 e. The molecule has 1 atom stereocenters. The molecule has 0 saturated heterocycles. The quantitative estimate of drug-likeness (QED) is 0.822. The van der Waals surface area contributed by atoms with Crippen molar-refractivity contribution in [1.29, 1.82) is 0 Å². The maximum atomic E-state index is 10.7. The highest BCUT2D eigenvalue weighted by Gasteiger charge is 2.42. The van der Waals surface area contributed by atoms with Crippen molar-refractivity contribution < 1.29 is 9.90 Å². The van der Waals surface area contributed by atoms with Gasteiger partial charge < -0.3 is 10.0 Å². The molecule has 0 spiro atoms. The summed E-state index contributed by atoms with van der Waals surface area (Å²) in [6.45, 7) is 7.84. The number of nitrogens with zero attached hydrogens (tertiary/aromatic N) is 1. The van der Waals surface area contributed by atoms with E-state index in [0.717, 1.165) is 19.4 Å². The van der Waals surface area contributed by atoms with Gasteiger partial charge in [0.25, 0.3) is 0 Å². The first-order chi connectivity index (χ1) is 10.9. The van der Waals surface area contributed by atoms with Crippen molar-refractivity contribution in [2.75, 3.05) is 11.4 Å². The Morgan fingerprint density at radius 2 is 1.91 bits per heavy atom. The smallest absolute Gasteiger partial charge is 0.303 e. The first-order valence-electron chi connectivity index (χ1n) is 8.43. The summed E-state index contributed by atoms with van der Waals surface area (Å²) in [5.74, 6) is -0.703. The standard InChI is InChI=1S/C20H25NO2/c1-14-20(2,3)19-16-9-5-4-8-15(16)11-12-17(19)21(14)13-7-6-10-18(22)23/h4-5,8-9,11-12,14H,6-7,10,13H2,1-3H3,(H,22,23). The summed E-state index contributed by atoms with van der Waals surface area (Å²) in [5.41, 5.74) is 2.83. The molecule has 3 heteroatoms. The maximum absolute atomic E-state index is 10.7. The van der Waals surface area contributed by atoms with Gasteiger partial charge in [0.05, 0.1) is 0 Å². The summed E-state index contributed by atoms with van der Waals surface area (Å²) in [4.78, 5) is 13.2. The van der Waals surface area contributed by atoms with Gasteiger partial charge in [-0.3, -0.25) is 4.79 Å². The van der Waals surface area contributed by atoms with Crippen LogP contribution in [0.1, 0.15) is 45.6 Å². The Morgan fingerprint density at radius 1 is 1.17 bits per heavy atom. The van der Waals surface area contributed by atoms with E-state index in [1.165, 1.54) is 22.0 Å². The summed E-state index contributed by atoms with van der Waals surface area (Å²) < 4.78 is 0. The molecular weight excluding hydrogens is 286 g/mol. The number of rotatable bonds is 5. The molecule has 0 fully saturated rings. The molecule has 1 N–H and O–H groups in total. The zero-order chi connectivity index (χ0) is 16.6. The topological polar surface area (TPSA) is 40.5 Å². The number of unbranched alkanes of at least 4 members (excludes halogenated alkanes) is 1. The van der Waals surface area contributed by atoms with E-state index in [2.05, 4.69) is 62.1 Å². The third kappa shape index (κ3) is 2.69. The van der Waals surface area contributed by atoms with E-state index in [0.29, 0.717) is 6.04 Å². The Balaban J connectivity index is 1.93. The monoisotopic (exact) mass is 311 g/mol. The van der Waals surface area contributed by atoms with Crippen LogP contribution in [-0.4, -0.2) is 23.7 Å². The van der Waals surface area contributed by atoms with Crippen LogP contribution in [0, 0.1) is 0 Å². The molecule has 23 heavy (non-hydrogen) atoms. The summed E-state index contributed by atoms with van der Waals surface area (Å²) >= 11 is 0. The molecule has 1 unspecified atom stereocenters. The Kier molecular flexibility index (Phi) is 4.05. The van der Waals surface area contributed by atoms with E-state index >= 15 is 0 Å². The third-order valence-electron chi connectivity index (χ3n) is 5.41. The average molecular weight is 311 g/mol. The summed E-state index contributed by atoms with van der Waals surface area (Å²) in [6, 6.07) is 13.4. The second-order valence-electron chi connectivity index (χ2n) is 7.12. The van der Waals surface area contributed by atoms with Gasteiger partial charge in [0, 0.05) is 30.1 Å². The van der Waals surface area contributed by atoms with Crippen molar-refractivity contribution in [3.63, 3.8) is 0 Å². The van der Waals surface area contributed by atoms with Crippen LogP contribution >= 0.6 is 0 Å². The molecule has 1 aliphatic rings. The Labute approximate surface area is 137 Å². The fraction of sp³-hybridized carbons (Fsp3) is 0.450. The van der Waals surface area contributed by atoms with Crippen LogP contribution in [-0.2, 0) is 10.2 Å². The van der Waals surface area contributed by atoms with Crippen LogP contribution < -0.4 is 4.90 Å². The van der Waals surface area contributed by atoms with Crippen LogP contribution in [0.25, 0.3) is 10.8 Å². The lowest BCUT2D eigenvalue weighted by molar-refractivity contribution is -0.137. The van der Waals surface area contributed by atoms with Gasteiger partial charge in [-0.1, -0.05) is 44.2 Å². The summed E-state index contributed by atoms with van der Waals surface area (Å²) in [5, 5.41) is 11.4. The normalized spacial score (nSPS) is 19.1. The Hall–Kier alpha value is -2.03. The minimum atomic E-state index is -0.703. The number of hydrogen-bond acceptors (Lipinski definition) is 2. The highest BCUT2D eigenvalue weighted by atomic mass is 16.4. The van der Waals surface area contributed by atoms with Crippen molar-refractivity contribution >= 4 is 22.4 Å². The van der Waals surface area contributed by atoms with Crippen LogP contribution in [0.3, 0.4) is 0 Å². The second-order valence-corrected chi connectivity index (χ2v) is 7.12. The average Bonchev–Trinajstić information content (AvgIpc) is 2.71. The van der Waals surface area contributed by atoms with Gasteiger partial charge in [-0.15, -0.1) is 0 Å². The molecule has 1 aliphatic heterocycles. The molecule has 0 radical (unpaired) electrons. The molecule has 0 aliphatic carbocycles. The van der Waals surface area contributed by atoms with Gasteiger partial charge in [0.1, 0.15) is 0 Å². The number of hydrogen-bond donors (Lipinski definition) is 1. The fourth-order valence-electron chi connectivity index (χ4n) is 3.86. The number of anilines is 1. The van der Waals surface area contributed by atoms with Gasteiger partial charge in [0.15, 0.2) is 0 Å². The zero-order valence-corrected chi connectivity index (χ0v) is 14.2. The maximum Gasteiger partial charge on any atom is 0.303 e. The molecule has 122 valence electrons. The second kappa shape index (κ2) is 5.88. The Bertz CT molecular complexity index is 735. The molecule has 2 aromatic carbocycles. The highest BCUT2D eigenvalue weighted by molar-refractivity contribution is 5.93. The molecule has 0 amide bonds. The SMILES string of the molecule is CC1N(CCCCC(=O)O)c2ccc3ccccc3c2C1(C)C. The lowest BCUT2D eigenvalue weighted by atomic mass is 9.79. The summed E-state index contributed by atoms with van der Waals surface area (Å²) in [6.07, 6.45) is 1.91. The van der Waals surface area contributed by atoms with Crippen molar-refractivity contribution in [1.82, 2.24) is 0 Å². The number of fused-ring (bicyclic) bond motifs is 3. The van der Waals surface area contributed by atoms with Gasteiger partial charge >= 0.3 is 5.97 Å². The van der Waals surface area contributed by atoms with E-state index in [1.807, 2.05) is 0 Å². The molecule has 0 bridgehead atoms. The zero-order valence-electron chi connectivity index (χ0n) is 14.2. The van der Waals surface area contributed by atoms with Crippen molar-refractivity contribution in [2.45, 2.75) is 51.5 Å². The minimum Gasteiger partial charge on any atom is -0.481 e. The van der Waals surface area contributed by atoms with Crippen LogP contribution in [0.15, 0.2) is 36.4 Å². The first kappa shape index (κ1) is 15.9. The number of benzene rings is 2. The lowest BCUT2D eigenvalue weighted by Gasteiger charge is -2.31. The molecule has 3 nitrogen and oxygen atoms in total. The highest BCUT2D eigenvalue weighted by Crippen LogP contribution is 2.48. The van der Waals surface area contributed by atoms with E-state index in [9.17, 15) is 4.79 Å². The summed E-state index contributed by atoms with van der Waals surface area (Å²) in [7, 11) is 0. The van der Waals surface area contributed by atoms with Crippen LogP contribution in [0.5, 0.6) is 0 Å². The van der Waals surface area contributed by atoms with Gasteiger partial charge in [-0.05, 0) is 42.2 Å². The van der Waals surface area contributed by atoms with Crippen molar-refractivity contribution in [3.05, 3.63) is 42.0 Å². The van der Waals surface area contributed by atoms with Crippen molar-refractivity contribution in [3.8, 4) is 0 Å². The van der Waals surface area contributed by atoms with E-state index in [1.54, 1.807) is 0 Å². The van der Waals surface area contributed by atoms with Crippen LogP contribution in [0.4, 0.5) is 5.69 Å². The van der Waals surface area contributed by atoms with Crippen LogP contribution in [0.2, 0.25) is 0 Å². The molecule has 3 rings (SSSR count). The van der Waals surface area contributed by atoms with E-state index in [-0.39, 0.29) is 11.8 Å². The van der Waals surface area contributed by atoms with Gasteiger partial charge in [0.2, 0.25) is 0 Å². The molecule has 0 aromatic heterocycles. The van der Waals surface area contributed by atoms with E-state index in [4.69, 9.17) is 5.11 Å². The molecular formula is C20H25NO2.